The number of aromatic nitrogens is 3. The van der Waals surface area contributed by atoms with E-state index in [-0.39, 0.29) is 11.1 Å². The van der Waals surface area contributed by atoms with Crippen LogP contribution in [0.1, 0.15) is 35.3 Å². The van der Waals surface area contributed by atoms with Crippen molar-refractivity contribution in [1.82, 2.24) is 19.7 Å². The van der Waals surface area contributed by atoms with Crippen molar-refractivity contribution in [1.29, 1.82) is 0 Å². The molecule has 0 aliphatic carbocycles. The Labute approximate surface area is 178 Å². The quantitative estimate of drug-likeness (QED) is 0.618. The van der Waals surface area contributed by atoms with Gasteiger partial charge in [0.15, 0.2) is 5.43 Å². The molecule has 3 aromatic rings. The molecule has 1 fully saturated rings. The molecule has 1 saturated heterocycles. The lowest BCUT2D eigenvalue weighted by atomic mass is 9.82. The molecule has 3 aliphatic heterocycles. The molecule has 5 heterocycles. The lowest BCUT2D eigenvalue weighted by molar-refractivity contribution is 0.0694. The van der Waals surface area contributed by atoms with E-state index < -0.39 is 17.1 Å². The summed E-state index contributed by atoms with van der Waals surface area (Å²) >= 11 is 0. The van der Waals surface area contributed by atoms with Crippen molar-refractivity contribution in [3.8, 4) is 28.3 Å². The summed E-state index contributed by atoms with van der Waals surface area (Å²) in [5, 5.41) is 17.7. The first-order valence-electron chi connectivity index (χ1n) is 10.3. The number of pyridine rings is 1. The zero-order chi connectivity index (χ0) is 21.7. The highest BCUT2D eigenvalue weighted by atomic mass is 16.5. The number of fused-ring (bicyclic) bond motifs is 6. The summed E-state index contributed by atoms with van der Waals surface area (Å²) in [5.41, 5.74) is 4.26. The number of carbonyl (C=O) groups is 1. The number of nitrogens with one attached hydrogen (secondary N) is 1. The molecule has 1 unspecified atom stereocenters. The van der Waals surface area contributed by atoms with Gasteiger partial charge in [-0.05, 0) is 31.5 Å². The minimum atomic E-state index is -1.21. The number of hydrogen-bond donors (Lipinski definition) is 2. The van der Waals surface area contributed by atoms with Gasteiger partial charge in [0.05, 0.1) is 23.5 Å². The first-order valence-corrected chi connectivity index (χ1v) is 10.3. The number of hydrogen-bond acceptors (Lipinski definition) is 5. The highest BCUT2D eigenvalue weighted by Gasteiger charge is 2.64. The predicted octanol–water partition coefficient (Wildman–Crippen LogP) is 2.14. The average Bonchev–Trinajstić information content (AvgIpc) is 3.12. The molecule has 6 rings (SSSR count). The second kappa shape index (κ2) is 5.64. The maximum atomic E-state index is 12.7. The number of benzene rings is 1. The number of aryl methyl sites for hydroxylation is 1. The number of carboxylic acid groups (broad SMARTS) is 1. The minimum absolute atomic E-state index is 0.217. The molecule has 3 aliphatic rings. The van der Waals surface area contributed by atoms with Gasteiger partial charge in [-0.3, -0.25) is 14.8 Å². The molecule has 2 aromatic heterocycles. The highest BCUT2D eigenvalue weighted by molar-refractivity contribution is 5.88. The number of aromatic carboxylic acids is 1. The van der Waals surface area contributed by atoms with Gasteiger partial charge < -0.3 is 14.4 Å². The Morgan fingerprint density at radius 2 is 2.03 bits per heavy atom. The van der Waals surface area contributed by atoms with Crippen LogP contribution in [0.5, 0.6) is 5.75 Å². The van der Waals surface area contributed by atoms with Crippen LogP contribution >= 0.6 is 0 Å². The fourth-order valence-electron chi connectivity index (χ4n) is 5.29. The fourth-order valence-corrected chi connectivity index (χ4v) is 5.29. The summed E-state index contributed by atoms with van der Waals surface area (Å²) in [6.07, 6.45) is 4.87. The van der Waals surface area contributed by atoms with Gasteiger partial charge in [0.2, 0.25) is 0 Å². The monoisotopic (exact) mass is 418 g/mol. The molecular weight excluding hydrogens is 396 g/mol. The van der Waals surface area contributed by atoms with Gasteiger partial charge in [-0.15, -0.1) is 0 Å². The third-order valence-electron chi connectivity index (χ3n) is 6.98. The van der Waals surface area contributed by atoms with Crippen LogP contribution in [0.4, 0.5) is 0 Å². The Morgan fingerprint density at radius 3 is 2.68 bits per heavy atom. The largest absolute Gasteiger partial charge is 0.492 e. The molecule has 1 aromatic carbocycles. The van der Waals surface area contributed by atoms with Crippen LogP contribution in [0.3, 0.4) is 0 Å². The number of nitrogens with zero attached hydrogens (tertiary/aromatic N) is 3. The molecule has 31 heavy (non-hydrogen) atoms. The smallest absolute Gasteiger partial charge is 0.341 e. The highest BCUT2D eigenvalue weighted by Crippen LogP contribution is 2.54. The minimum Gasteiger partial charge on any atom is -0.492 e. The molecule has 8 nitrogen and oxygen atoms in total. The van der Waals surface area contributed by atoms with E-state index in [2.05, 4.69) is 24.3 Å². The normalized spacial score (nSPS) is 21.9. The van der Waals surface area contributed by atoms with Crippen molar-refractivity contribution < 1.29 is 14.6 Å². The Kier molecular flexibility index (Phi) is 3.35. The van der Waals surface area contributed by atoms with Crippen LogP contribution in [0, 0.1) is 0 Å². The Balaban J connectivity index is 1.68. The lowest BCUT2D eigenvalue weighted by Crippen LogP contribution is -2.36. The van der Waals surface area contributed by atoms with Gasteiger partial charge in [0, 0.05) is 55.0 Å². The van der Waals surface area contributed by atoms with E-state index >= 15 is 0 Å². The summed E-state index contributed by atoms with van der Waals surface area (Å²) in [5.74, 6) is -0.347. The SMILES string of the molecule is Cn1ccc(-c2cc3c(c4c2OCC4)CC2(NC2(C)C)n2cc(C(=O)O)c(=O)cc2-3)n1. The summed E-state index contributed by atoms with van der Waals surface area (Å²) in [4.78, 5) is 24.4. The van der Waals surface area contributed by atoms with Crippen molar-refractivity contribution in [2.24, 2.45) is 7.05 Å². The van der Waals surface area contributed by atoms with Crippen LogP contribution in [-0.4, -0.2) is 37.6 Å². The Hall–Kier alpha value is -3.39. The lowest BCUT2D eigenvalue weighted by Gasteiger charge is -2.33. The number of carboxylic acids is 1. The average molecular weight is 418 g/mol. The van der Waals surface area contributed by atoms with Crippen LogP contribution in [0.15, 0.2) is 35.4 Å². The second-order valence-electron chi connectivity index (χ2n) is 9.13. The molecule has 1 atom stereocenters. The predicted molar refractivity (Wildman–Crippen MR) is 113 cm³/mol. The molecule has 0 amide bonds. The zero-order valence-corrected chi connectivity index (χ0v) is 17.5. The molecule has 2 N–H and O–H groups in total. The fraction of sp³-hybridized carbons (Fsp3) is 0.348. The zero-order valence-electron chi connectivity index (χ0n) is 17.5. The first-order chi connectivity index (χ1) is 14.7. The van der Waals surface area contributed by atoms with Crippen LogP contribution in [0.2, 0.25) is 0 Å². The van der Waals surface area contributed by atoms with E-state index in [0.29, 0.717) is 13.0 Å². The van der Waals surface area contributed by atoms with E-state index in [0.717, 1.165) is 45.8 Å². The molecule has 158 valence electrons. The Morgan fingerprint density at radius 1 is 1.26 bits per heavy atom. The van der Waals surface area contributed by atoms with Gasteiger partial charge in [-0.1, -0.05) is 0 Å². The van der Waals surface area contributed by atoms with Crippen molar-refractivity contribution in [3.05, 3.63) is 57.5 Å². The first kappa shape index (κ1) is 18.4. The van der Waals surface area contributed by atoms with E-state index in [9.17, 15) is 14.7 Å². The third kappa shape index (κ3) is 2.31. The number of ether oxygens (including phenoxy) is 1. The number of rotatable bonds is 2. The van der Waals surface area contributed by atoms with Crippen LogP contribution in [-0.2, 0) is 25.6 Å². The van der Waals surface area contributed by atoms with Gasteiger partial charge in [-0.25, -0.2) is 4.79 Å². The van der Waals surface area contributed by atoms with Crippen LogP contribution in [0.25, 0.3) is 22.5 Å². The maximum absolute atomic E-state index is 12.7. The Bertz CT molecular complexity index is 1370. The molecule has 1 spiro atoms. The summed E-state index contributed by atoms with van der Waals surface area (Å²) in [6.45, 7) is 4.80. The second-order valence-corrected chi connectivity index (χ2v) is 9.13. The maximum Gasteiger partial charge on any atom is 0.341 e. The van der Waals surface area contributed by atoms with Crippen molar-refractivity contribution >= 4 is 5.97 Å². The van der Waals surface area contributed by atoms with E-state index in [1.165, 1.54) is 12.3 Å². The molecule has 0 bridgehead atoms. The van der Waals surface area contributed by atoms with E-state index in [4.69, 9.17) is 4.74 Å². The van der Waals surface area contributed by atoms with Gasteiger partial charge in [0.1, 0.15) is 17.0 Å². The van der Waals surface area contributed by atoms with Crippen molar-refractivity contribution in [3.63, 3.8) is 0 Å². The summed E-state index contributed by atoms with van der Waals surface area (Å²) in [7, 11) is 1.87. The molecule has 0 radical (unpaired) electrons. The van der Waals surface area contributed by atoms with Crippen LogP contribution < -0.4 is 15.5 Å². The molecule has 8 heteroatoms. The van der Waals surface area contributed by atoms with Gasteiger partial charge >= 0.3 is 5.97 Å². The topological polar surface area (TPSA) is 108 Å². The summed E-state index contributed by atoms with van der Waals surface area (Å²) < 4.78 is 9.74. The van der Waals surface area contributed by atoms with E-state index in [1.54, 1.807) is 4.68 Å². The van der Waals surface area contributed by atoms with Gasteiger partial charge in [-0.2, -0.15) is 5.10 Å². The van der Waals surface area contributed by atoms with E-state index in [1.807, 2.05) is 29.9 Å². The molecule has 0 saturated carbocycles. The molecular formula is C23H22N4O4. The van der Waals surface area contributed by atoms with Gasteiger partial charge in [0.25, 0.3) is 0 Å². The van der Waals surface area contributed by atoms with Crippen molar-refractivity contribution in [2.75, 3.05) is 6.61 Å². The summed E-state index contributed by atoms with van der Waals surface area (Å²) in [6, 6.07) is 5.44. The standard InChI is InChI=1S/C23H22N4O4/c1-22(2)23(25-22)10-15-12-5-7-31-20(12)14(17-4-6-26(3)24-17)8-13(15)18-9-19(28)16(21(29)30)11-27(18)23/h4,6,8-9,11,25H,5,7,10H2,1-3H3,(H,29,30). The van der Waals surface area contributed by atoms with Crippen molar-refractivity contribution in [2.45, 2.75) is 37.9 Å². The third-order valence-corrected chi connectivity index (χ3v) is 6.98.